The molecule has 5 nitrogen and oxygen atoms in total. The molecular formula is C23H25NO4. The third-order valence-electron chi connectivity index (χ3n) is 5.12. The second-order valence-corrected chi connectivity index (χ2v) is 7.37. The van der Waals surface area contributed by atoms with Crippen molar-refractivity contribution >= 4 is 23.5 Å². The predicted octanol–water partition coefficient (Wildman–Crippen LogP) is 3.85. The molecule has 0 aliphatic carbocycles. The SMILES string of the molecule is CCOC(=O)c1ccc(N2C(=O)[C@@H](C)[C@@H](Cc3cc(C)cc(C)c3)C2=O)cc1. The first-order valence-corrected chi connectivity index (χ1v) is 9.54. The van der Waals surface area contributed by atoms with Crippen LogP contribution in [0.1, 0.15) is 40.9 Å². The standard InChI is InChI=1S/C23H25NO4/c1-5-28-23(27)18-6-8-19(9-7-18)24-21(25)16(4)20(22(24)26)13-17-11-14(2)10-15(3)12-17/h6-12,16,20H,5,13H2,1-4H3/t16-,20+/m0/s1. The number of esters is 1. The molecule has 0 N–H and O–H groups in total. The van der Waals surface area contributed by atoms with Crippen molar-refractivity contribution in [3.05, 3.63) is 64.7 Å². The highest BCUT2D eigenvalue weighted by molar-refractivity contribution is 6.22. The van der Waals surface area contributed by atoms with Gasteiger partial charge < -0.3 is 4.74 Å². The number of ether oxygens (including phenoxy) is 1. The van der Waals surface area contributed by atoms with Gasteiger partial charge in [-0.1, -0.05) is 36.2 Å². The molecule has 2 atom stereocenters. The van der Waals surface area contributed by atoms with Crippen LogP contribution in [0.4, 0.5) is 5.69 Å². The molecule has 0 spiro atoms. The molecule has 28 heavy (non-hydrogen) atoms. The third kappa shape index (κ3) is 3.84. The van der Waals surface area contributed by atoms with Gasteiger partial charge in [0.05, 0.1) is 23.8 Å². The van der Waals surface area contributed by atoms with Gasteiger partial charge in [0.25, 0.3) is 0 Å². The number of anilines is 1. The number of nitrogens with zero attached hydrogens (tertiary/aromatic N) is 1. The number of rotatable bonds is 5. The first-order valence-electron chi connectivity index (χ1n) is 9.54. The second kappa shape index (κ2) is 7.97. The number of carbonyl (C=O) groups is 3. The fourth-order valence-electron chi connectivity index (χ4n) is 3.78. The molecule has 2 aromatic carbocycles. The van der Waals surface area contributed by atoms with Gasteiger partial charge in [-0.15, -0.1) is 0 Å². The molecule has 0 aromatic heterocycles. The van der Waals surface area contributed by atoms with Crippen molar-refractivity contribution in [2.24, 2.45) is 11.8 Å². The minimum Gasteiger partial charge on any atom is -0.462 e. The summed E-state index contributed by atoms with van der Waals surface area (Å²) in [6, 6.07) is 12.6. The predicted molar refractivity (Wildman–Crippen MR) is 107 cm³/mol. The fraction of sp³-hybridized carbons (Fsp3) is 0.348. The Morgan fingerprint density at radius 1 is 1.00 bits per heavy atom. The number of aryl methyl sites for hydroxylation is 2. The zero-order valence-electron chi connectivity index (χ0n) is 16.7. The number of amides is 2. The van der Waals surface area contributed by atoms with E-state index in [1.807, 2.05) is 13.8 Å². The molecule has 2 amide bonds. The zero-order chi connectivity index (χ0) is 20.4. The van der Waals surface area contributed by atoms with E-state index in [9.17, 15) is 14.4 Å². The topological polar surface area (TPSA) is 63.7 Å². The molecule has 0 saturated carbocycles. The van der Waals surface area contributed by atoms with E-state index in [4.69, 9.17) is 4.74 Å². The summed E-state index contributed by atoms with van der Waals surface area (Å²) in [6.45, 7) is 7.89. The Hall–Kier alpha value is -2.95. The molecule has 3 rings (SSSR count). The molecule has 1 aliphatic heterocycles. The average Bonchev–Trinajstić information content (AvgIpc) is 2.85. The normalized spacial score (nSPS) is 19.2. The highest BCUT2D eigenvalue weighted by Gasteiger charge is 2.45. The maximum atomic E-state index is 13.0. The Balaban J connectivity index is 1.82. The fourth-order valence-corrected chi connectivity index (χ4v) is 3.78. The van der Waals surface area contributed by atoms with E-state index in [-0.39, 0.29) is 11.8 Å². The Kier molecular flexibility index (Phi) is 5.63. The van der Waals surface area contributed by atoms with Crippen LogP contribution in [0.5, 0.6) is 0 Å². The quantitative estimate of drug-likeness (QED) is 0.585. The first-order chi connectivity index (χ1) is 13.3. The van der Waals surface area contributed by atoms with Crippen molar-refractivity contribution in [2.45, 2.75) is 34.1 Å². The van der Waals surface area contributed by atoms with Gasteiger partial charge in [-0.3, -0.25) is 14.5 Å². The second-order valence-electron chi connectivity index (χ2n) is 7.37. The Morgan fingerprint density at radius 3 is 2.18 bits per heavy atom. The molecule has 146 valence electrons. The lowest BCUT2D eigenvalue weighted by Crippen LogP contribution is -2.31. The van der Waals surface area contributed by atoms with Crippen molar-refractivity contribution in [3.8, 4) is 0 Å². The van der Waals surface area contributed by atoms with E-state index in [2.05, 4.69) is 18.2 Å². The molecule has 2 aromatic rings. The summed E-state index contributed by atoms with van der Waals surface area (Å²) >= 11 is 0. The zero-order valence-corrected chi connectivity index (χ0v) is 16.7. The lowest BCUT2D eigenvalue weighted by atomic mass is 9.89. The summed E-state index contributed by atoms with van der Waals surface area (Å²) in [5.74, 6) is -1.60. The molecule has 5 heteroatoms. The van der Waals surface area contributed by atoms with E-state index >= 15 is 0 Å². The molecule has 1 saturated heterocycles. The van der Waals surface area contributed by atoms with Crippen LogP contribution >= 0.6 is 0 Å². The van der Waals surface area contributed by atoms with Gasteiger partial charge in [-0.25, -0.2) is 4.79 Å². The summed E-state index contributed by atoms with van der Waals surface area (Å²) in [6.07, 6.45) is 0.533. The lowest BCUT2D eigenvalue weighted by molar-refractivity contribution is -0.122. The molecular weight excluding hydrogens is 354 g/mol. The van der Waals surface area contributed by atoms with Gasteiger partial charge in [0, 0.05) is 5.92 Å². The maximum Gasteiger partial charge on any atom is 0.338 e. The Bertz CT molecular complexity index is 896. The summed E-state index contributed by atoms with van der Waals surface area (Å²) in [7, 11) is 0. The van der Waals surface area contributed by atoms with Crippen LogP contribution in [-0.2, 0) is 20.7 Å². The summed E-state index contributed by atoms with van der Waals surface area (Å²) in [5, 5.41) is 0. The molecule has 0 unspecified atom stereocenters. The van der Waals surface area contributed by atoms with E-state index in [0.29, 0.717) is 24.3 Å². The monoisotopic (exact) mass is 379 g/mol. The van der Waals surface area contributed by atoms with Crippen molar-refractivity contribution in [2.75, 3.05) is 11.5 Å². The van der Waals surface area contributed by atoms with Gasteiger partial charge in [0.2, 0.25) is 11.8 Å². The van der Waals surface area contributed by atoms with Crippen LogP contribution in [-0.4, -0.2) is 24.4 Å². The number of hydrogen-bond acceptors (Lipinski definition) is 4. The van der Waals surface area contributed by atoms with E-state index in [1.54, 1.807) is 38.1 Å². The maximum absolute atomic E-state index is 13.0. The number of imide groups is 1. The van der Waals surface area contributed by atoms with Crippen LogP contribution in [0.3, 0.4) is 0 Å². The number of carbonyl (C=O) groups excluding carboxylic acids is 3. The summed E-state index contributed by atoms with van der Waals surface area (Å²) in [4.78, 5) is 38.9. The minimum absolute atomic E-state index is 0.194. The lowest BCUT2D eigenvalue weighted by Gasteiger charge is -2.16. The Labute approximate surface area is 165 Å². The van der Waals surface area contributed by atoms with Crippen molar-refractivity contribution in [1.82, 2.24) is 0 Å². The Morgan fingerprint density at radius 2 is 1.61 bits per heavy atom. The smallest absolute Gasteiger partial charge is 0.338 e. The largest absolute Gasteiger partial charge is 0.462 e. The highest BCUT2D eigenvalue weighted by Crippen LogP contribution is 2.33. The van der Waals surface area contributed by atoms with Gasteiger partial charge in [-0.2, -0.15) is 0 Å². The van der Waals surface area contributed by atoms with Crippen molar-refractivity contribution < 1.29 is 19.1 Å². The highest BCUT2D eigenvalue weighted by atomic mass is 16.5. The third-order valence-corrected chi connectivity index (χ3v) is 5.12. The van der Waals surface area contributed by atoms with Crippen molar-refractivity contribution in [1.29, 1.82) is 0 Å². The summed E-state index contributed by atoms with van der Waals surface area (Å²) in [5.41, 5.74) is 4.23. The van der Waals surface area contributed by atoms with E-state index in [0.717, 1.165) is 16.7 Å². The van der Waals surface area contributed by atoms with E-state index in [1.165, 1.54) is 4.90 Å². The van der Waals surface area contributed by atoms with Crippen LogP contribution in [0.25, 0.3) is 0 Å². The molecule has 1 heterocycles. The van der Waals surface area contributed by atoms with Gasteiger partial charge in [0.1, 0.15) is 0 Å². The van der Waals surface area contributed by atoms with Crippen LogP contribution < -0.4 is 4.90 Å². The van der Waals surface area contributed by atoms with Crippen LogP contribution in [0.15, 0.2) is 42.5 Å². The number of benzene rings is 2. The van der Waals surface area contributed by atoms with Gasteiger partial charge in [-0.05, 0) is 57.0 Å². The van der Waals surface area contributed by atoms with Gasteiger partial charge in [0.15, 0.2) is 0 Å². The molecule has 1 fully saturated rings. The molecule has 0 radical (unpaired) electrons. The first kappa shape index (κ1) is 19.8. The van der Waals surface area contributed by atoms with Gasteiger partial charge >= 0.3 is 5.97 Å². The minimum atomic E-state index is -0.422. The van der Waals surface area contributed by atoms with Crippen LogP contribution in [0, 0.1) is 25.7 Å². The average molecular weight is 379 g/mol. The van der Waals surface area contributed by atoms with Crippen LogP contribution in [0.2, 0.25) is 0 Å². The summed E-state index contributed by atoms with van der Waals surface area (Å²) < 4.78 is 4.97. The van der Waals surface area contributed by atoms with Crippen molar-refractivity contribution in [3.63, 3.8) is 0 Å². The van der Waals surface area contributed by atoms with E-state index < -0.39 is 17.8 Å². The molecule has 1 aliphatic rings. The molecule has 0 bridgehead atoms. The number of hydrogen-bond donors (Lipinski definition) is 0.